The van der Waals surface area contributed by atoms with Crippen molar-refractivity contribution in [3.8, 4) is 0 Å². The van der Waals surface area contributed by atoms with Gasteiger partial charge in [0.15, 0.2) is 0 Å². The molecule has 2 N–H and O–H groups in total. The number of rotatable bonds is 4. The molecule has 82 valence electrons. The van der Waals surface area contributed by atoms with Crippen LogP contribution in [0.15, 0.2) is 18.5 Å². The van der Waals surface area contributed by atoms with Gasteiger partial charge in [0, 0.05) is 28.6 Å². The number of pyridine rings is 1. The molecule has 1 atom stereocenters. The van der Waals surface area contributed by atoms with Crippen molar-refractivity contribution in [2.75, 3.05) is 6.61 Å². The Hall–Kier alpha value is -0.690. The molecule has 0 saturated carbocycles. The molecule has 1 aromatic rings. The van der Waals surface area contributed by atoms with E-state index in [2.05, 4.69) is 32.9 Å². The molecule has 0 spiro atoms. The first-order chi connectivity index (χ1) is 7.13. The van der Waals surface area contributed by atoms with E-state index in [9.17, 15) is 4.79 Å². The summed E-state index contributed by atoms with van der Waals surface area (Å²) in [6.45, 7) is 1.93. The van der Waals surface area contributed by atoms with Crippen molar-refractivity contribution < 1.29 is 9.90 Å². The largest absolute Gasteiger partial charge is 0.396 e. The third kappa shape index (κ3) is 4.13. The number of carbonyl (C=O) groups excluding carboxylic acids is 1. The Kier molecular flexibility index (Phi) is 4.97. The number of carbonyl (C=O) groups is 1. The van der Waals surface area contributed by atoms with E-state index in [0.29, 0.717) is 12.0 Å². The molecule has 1 amide bonds. The number of aliphatic hydroxyl groups is 1. The lowest BCUT2D eigenvalue weighted by molar-refractivity contribution is 0.0934. The minimum absolute atomic E-state index is 0.0274. The van der Waals surface area contributed by atoms with E-state index in [4.69, 9.17) is 5.11 Å². The first-order valence-electron chi connectivity index (χ1n) is 4.65. The maximum Gasteiger partial charge on any atom is 0.253 e. The van der Waals surface area contributed by atoms with Crippen LogP contribution < -0.4 is 5.32 Å². The van der Waals surface area contributed by atoms with Gasteiger partial charge in [-0.3, -0.25) is 9.78 Å². The van der Waals surface area contributed by atoms with Gasteiger partial charge >= 0.3 is 0 Å². The second-order valence-electron chi connectivity index (χ2n) is 3.28. The smallest absolute Gasteiger partial charge is 0.253 e. The highest BCUT2D eigenvalue weighted by molar-refractivity contribution is 14.1. The highest BCUT2D eigenvalue weighted by Crippen LogP contribution is 2.05. The maximum atomic E-state index is 11.6. The lowest BCUT2D eigenvalue weighted by Gasteiger charge is -2.12. The van der Waals surface area contributed by atoms with E-state index < -0.39 is 0 Å². The fraction of sp³-hybridized carbons (Fsp3) is 0.400. The number of nitrogens with one attached hydrogen (secondary N) is 1. The number of hydrogen-bond donors (Lipinski definition) is 2. The van der Waals surface area contributed by atoms with Gasteiger partial charge in [-0.05, 0) is 42.0 Å². The number of hydrogen-bond acceptors (Lipinski definition) is 3. The van der Waals surface area contributed by atoms with Gasteiger partial charge in [-0.1, -0.05) is 0 Å². The molecule has 0 bridgehead atoms. The van der Waals surface area contributed by atoms with Gasteiger partial charge in [-0.25, -0.2) is 0 Å². The summed E-state index contributed by atoms with van der Waals surface area (Å²) in [5.41, 5.74) is 0.548. The van der Waals surface area contributed by atoms with Crippen LogP contribution in [0.1, 0.15) is 23.7 Å². The molecular weight excluding hydrogens is 307 g/mol. The Bertz CT molecular complexity index is 344. The minimum atomic E-state index is -0.151. The molecule has 4 nitrogen and oxygen atoms in total. The van der Waals surface area contributed by atoms with Gasteiger partial charge in [0.05, 0.1) is 5.56 Å². The summed E-state index contributed by atoms with van der Waals surface area (Å²) in [6, 6.07) is 1.74. The first-order valence-corrected chi connectivity index (χ1v) is 5.73. The van der Waals surface area contributed by atoms with Crippen LogP contribution in [-0.4, -0.2) is 28.6 Å². The van der Waals surface area contributed by atoms with Crippen LogP contribution in [0.3, 0.4) is 0 Å². The molecule has 0 fully saturated rings. The number of amides is 1. The van der Waals surface area contributed by atoms with Crippen molar-refractivity contribution in [1.82, 2.24) is 10.3 Å². The van der Waals surface area contributed by atoms with Crippen molar-refractivity contribution in [1.29, 1.82) is 0 Å². The summed E-state index contributed by atoms with van der Waals surface area (Å²) < 4.78 is 0.926. The number of halogens is 1. The third-order valence-corrected chi connectivity index (χ3v) is 2.50. The molecule has 0 aliphatic rings. The van der Waals surface area contributed by atoms with Crippen molar-refractivity contribution in [2.45, 2.75) is 19.4 Å². The minimum Gasteiger partial charge on any atom is -0.396 e. The second-order valence-corrected chi connectivity index (χ2v) is 4.52. The van der Waals surface area contributed by atoms with Crippen molar-refractivity contribution in [2.24, 2.45) is 0 Å². The van der Waals surface area contributed by atoms with Crippen LogP contribution in [-0.2, 0) is 0 Å². The normalized spacial score (nSPS) is 12.2. The van der Waals surface area contributed by atoms with E-state index in [-0.39, 0.29) is 18.6 Å². The molecule has 0 saturated heterocycles. The molecule has 15 heavy (non-hydrogen) atoms. The lowest BCUT2D eigenvalue weighted by atomic mass is 10.2. The fourth-order valence-corrected chi connectivity index (χ4v) is 1.61. The van der Waals surface area contributed by atoms with Crippen LogP contribution in [0, 0.1) is 3.57 Å². The van der Waals surface area contributed by atoms with Gasteiger partial charge in [-0.15, -0.1) is 0 Å². The van der Waals surface area contributed by atoms with E-state index in [1.165, 1.54) is 6.20 Å². The summed E-state index contributed by atoms with van der Waals surface area (Å²) in [6.07, 6.45) is 3.78. The van der Waals surface area contributed by atoms with Crippen molar-refractivity contribution in [3.05, 3.63) is 27.6 Å². The Balaban J connectivity index is 2.61. The Labute approximate surface area is 102 Å². The quantitative estimate of drug-likeness (QED) is 0.819. The zero-order valence-electron chi connectivity index (χ0n) is 8.40. The third-order valence-electron chi connectivity index (χ3n) is 1.91. The fourth-order valence-electron chi connectivity index (χ4n) is 1.11. The van der Waals surface area contributed by atoms with Crippen LogP contribution >= 0.6 is 22.6 Å². The van der Waals surface area contributed by atoms with Gasteiger partial charge in [0.1, 0.15) is 0 Å². The predicted octanol–water partition coefficient (Wildman–Crippen LogP) is 1.19. The summed E-state index contributed by atoms with van der Waals surface area (Å²) in [4.78, 5) is 15.6. The van der Waals surface area contributed by atoms with Crippen LogP contribution in [0.2, 0.25) is 0 Å². The Morgan fingerprint density at radius 1 is 1.67 bits per heavy atom. The molecule has 0 radical (unpaired) electrons. The second kappa shape index (κ2) is 6.02. The Morgan fingerprint density at radius 3 is 3.00 bits per heavy atom. The Morgan fingerprint density at radius 2 is 2.40 bits per heavy atom. The van der Waals surface area contributed by atoms with Crippen molar-refractivity contribution in [3.63, 3.8) is 0 Å². The molecule has 1 heterocycles. The maximum absolute atomic E-state index is 11.6. The van der Waals surface area contributed by atoms with Crippen LogP contribution in [0.4, 0.5) is 0 Å². The van der Waals surface area contributed by atoms with Crippen molar-refractivity contribution >= 4 is 28.5 Å². The zero-order valence-corrected chi connectivity index (χ0v) is 10.6. The molecule has 0 aromatic carbocycles. The standard InChI is InChI=1S/C10H13IN2O2/c1-7(2-3-14)13-10(15)8-4-9(11)6-12-5-8/h4-7,14H,2-3H2,1H3,(H,13,15). The summed E-state index contributed by atoms with van der Waals surface area (Å²) in [5.74, 6) is -0.151. The van der Waals surface area contributed by atoms with E-state index >= 15 is 0 Å². The summed E-state index contributed by atoms with van der Waals surface area (Å²) in [5, 5.41) is 11.5. The highest BCUT2D eigenvalue weighted by atomic mass is 127. The highest BCUT2D eigenvalue weighted by Gasteiger charge is 2.09. The molecule has 1 unspecified atom stereocenters. The lowest BCUT2D eigenvalue weighted by Crippen LogP contribution is -2.33. The zero-order chi connectivity index (χ0) is 11.3. The average molecular weight is 320 g/mol. The number of aliphatic hydroxyl groups excluding tert-OH is 1. The molecule has 0 aliphatic heterocycles. The van der Waals surface area contributed by atoms with Crippen LogP contribution in [0.5, 0.6) is 0 Å². The molecular formula is C10H13IN2O2. The average Bonchev–Trinajstić information content (AvgIpc) is 2.18. The molecule has 1 aromatic heterocycles. The van der Waals surface area contributed by atoms with Gasteiger partial charge in [0.25, 0.3) is 5.91 Å². The summed E-state index contributed by atoms with van der Waals surface area (Å²) >= 11 is 2.11. The SMILES string of the molecule is CC(CCO)NC(=O)c1cncc(I)c1. The van der Waals surface area contributed by atoms with Crippen LogP contribution in [0.25, 0.3) is 0 Å². The van der Waals surface area contributed by atoms with E-state index in [1.807, 2.05) is 6.92 Å². The molecule has 0 aliphatic carbocycles. The molecule has 5 heteroatoms. The number of aromatic nitrogens is 1. The monoisotopic (exact) mass is 320 g/mol. The molecule has 1 rings (SSSR count). The van der Waals surface area contributed by atoms with E-state index in [0.717, 1.165) is 3.57 Å². The van der Waals surface area contributed by atoms with Gasteiger partial charge in [-0.2, -0.15) is 0 Å². The van der Waals surface area contributed by atoms with Gasteiger partial charge < -0.3 is 10.4 Å². The van der Waals surface area contributed by atoms with Gasteiger partial charge in [0.2, 0.25) is 0 Å². The first kappa shape index (κ1) is 12.4. The topological polar surface area (TPSA) is 62.2 Å². The number of nitrogens with zero attached hydrogens (tertiary/aromatic N) is 1. The van der Waals surface area contributed by atoms with E-state index in [1.54, 1.807) is 12.3 Å². The summed E-state index contributed by atoms with van der Waals surface area (Å²) in [7, 11) is 0. The predicted molar refractivity (Wildman–Crippen MR) is 65.6 cm³/mol.